The van der Waals surface area contributed by atoms with E-state index < -0.39 is 11.9 Å². The first kappa shape index (κ1) is 20.4. The summed E-state index contributed by atoms with van der Waals surface area (Å²) < 4.78 is 10.6. The van der Waals surface area contributed by atoms with E-state index in [1.165, 1.54) is 7.11 Å². The zero-order valence-electron chi connectivity index (χ0n) is 17.7. The van der Waals surface area contributed by atoms with E-state index in [-0.39, 0.29) is 5.91 Å². The molecule has 33 heavy (non-hydrogen) atoms. The lowest BCUT2D eigenvalue weighted by atomic mass is 9.97. The largest absolute Gasteiger partial charge is 0.465 e. The number of anilines is 1. The first-order chi connectivity index (χ1) is 16.1. The van der Waals surface area contributed by atoms with Gasteiger partial charge in [-0.3, -0.25) is 14.8 Å². The molecule has 0 saturated carbocycles. The minimum atomic E-state index is -0.495. The molecule has 7 nitrogen and oxygen atoms in total. The average molecular weight is 437 g/mol. The van der Waals surface area contributed by atoms with E-state index in [1.807, 2.05) is 24.3 Å². The SMILES string of the molecule is COC(=O)c1cccc(Oc2ccc(N=CC3C(=O)Nc4ccc5ncccc5c43)cc2)c1. The molecule has 0 fully saturated rings. The first-order valence-electron chi connectivity index (χ1n) is 10.3. The summed E-state index contributed by atoms with van der Waals surface area (Å²) in [6.07, 6.45) is 3.39. The van der Waals surface area contributed by atoms with E-state index in [2.05, 4.69) is 15.3 Å². The van der Waals surface area contributed by atoms with Crippen LogP contribution in [0.3, 0.4) is 0 Å². The van der Waals surface area contributed by atoms with Crippen molar-refractivity contribution < 1.29 is 19.1 Å². The summed E-state index contributed by atoms with van der Waals surface area (Å²) in [6, 6.07) is 21.5. The van der Waals surface area contributed by atoms with Gasteiger partial charge in [0.05, 0.1) is 23.9 Å². The number of carbonyl (C=O) groups excluding carboxylic acids is 2. The van der Waals surface area contributed by atoms with Gasteiger partial charge in [0.2, 0.25) is 5.91 Å². The van der Waals surface area contributed by atoms with Crippen molar-refractivity contribution in [2.45, 2.75) is 5.92 Å². The van der Waals surface area contributed by atoms with Gasteiger partial charge in [0, 0.05) is 29.0 Å². The quantitative estimate of drug-likeness (QED) is 0.340. The lowest BCUT2D eigenvalue weighted by Crippen LogP contribution is -2.13. The Morgan fingerprint density at radius 3 is 2.70 bits per heavy atom. The van der Waals surface area contributed by atoms with Gasteiger partial charge < -0.3 is 14.8 Å². The molecule has 1 N–H and O–H groups in total. The van der Waals surface area contributed by atoms with Crippen molar-refractivity contribution in [3.05, 3.63) is 90.1 Å². The molecule has 162 valence electrons. The number of fused-ring (bicyclic) bond motifs is 3. The molecule has 4 aromatic rings. The maximum atomic E-state index is 12.6. The van der Waals surface area contributed by atoms with E-state index in [4.69, 9.17) is 9.47 Å². The normalized spacial score (nSPS) is 14.8. The number of methoxy groups -OCH3 is 1. The smallest absolute Gasteiger partial charge is 0.337 e. The highest BCUT2D eigenvalue weighted by Crippen LogP contribution is 2.37. The Morgan fingerprint density at radius 2 is 1.88 bits per heavy atom. The topological polar surface area (TPSA) is 89.9 Å². The van der Waals surface area contributed by atoms with Gasteiger partial charge in [-0.25, -0.2) is 4.79 Å². The average Bonchev–Trinajstić information content (AvgIpc) is 3.18. The Balaban J connectivity index is 1.35. The highest BCUT2D eigenvalue weighted by molar-refractivity contribution is 6.16. The standard InChI is InChI=1S/C26H19N3O4/c1-32-26(31)16-4-2-5-19(14-16)33-18-9-7-17(8-10-18)28-15-21-24-20-6-3-13-27-22(20)11-12-23(24)29-25(21)30/h2-15,21H,1H3,(H,29,30). The van der Waals surface area contributed by atoms with Crippen LogP contribution < -0.4 is 10.1 Å². The number of hydrogen-bond acceptors (Lipinski definition) is 6. The van der Waals surface area contributed by atoms with Crippen molar-refractivity contribution >= 4 is 40.4 Å². The van der Waals surface area contributed by atoms with Crippen molar-refractivity contribution in [3.63, 3.8) is 0 Å². The molecule has 0 radical (unpaired) electrons. The number of nitrogens with one attached hydrogen (secondary N) is 1. The predicted octanol–water partition coefficient (Wildman–Crippen LogP) is 5.25. The number of amides is 1. The fourth-order valence-corrected chi connectivity index (χ4v) is 3.80. The number of aromatic nitrogens is 1. The maximum absolute atomic E-state index is 12.6. The number of esters is 1. The summed E-state index contributed by atoms with van der Waals surface area (Å²) in [5.74, 6) is 0.0810. The number of aliphatic imine (C=N–C) groups is 1. The summed E-state index contributed by atoms with van der Waals surface area (Å²) in [6.45, 7) is 0. The van der Waals surface area contributed by atoms with Gasteiger partial charge in [0.1, 0.15) is 17.4 Å². The fraction of sp³-hybridized carbons (Fsp3) is 0.0769. The van der Waals surface area contributed by atoms with E-state index in [0.29, 0.717) is 22.7 Å². The van der Waals surface area contributed by atoms with Gasteiger partial charge in [-0.05, 0) is 60.7 Å². The highest BCUT2D eigenvalue weighted by atomic mass is 16.5. The second kappa shape index (κ2) is 8.55. The fourth-order valence-electron chi connectivity index (χ4n) is 3.80. The molecule has 1 aromatic heterocycles. The Morgan fingerprint density at radius 1 is 1.03 bits per heavy atom. The van der Waals surface area contributed by atoms with Crippen LogP contribution in [0.25, 0.3) is 10.9 Å². The lowest BCUT2D eigenvalue weighted by molar-refractivity contribution is -0.115. The van der Waals surface area contributed by atoms with Gasteiger partial charge >= 0.3 is 5.97 Å². The second-order valence-electron chi connectivity index (χ2n) is 7.46. The number of ether oxygens (including phenoxy) is 2. The molecular formula is C26H19N3O4. The molecule has 0 spiro atoms. The van der Waals surface area contributed by atoms with E-state index in [0.717, 1.165) is 22.2 Å². The number of carbonyl (C=O) groups is 2. The molecular weight excluding hydrogens is 418 g/mol. The van der Waals surface area contributed by atoms with Gasteiger partial charge in [0.25, 0.3) is 0 Å². The van der Waals surface area contributed by atoms with Gasteiger partial charge in [-0.1, -0.05) is 12.1 Å². The molecule has 0 bridgehead atoms. The summed E-state index contributed by atoms with van der Waals surface area (Å²) in [5, 5.41) is 3.85. The van der Waals surface area contributed by atoms with Crippen molar-refractivity contribution in [2.75, 3.05) is 12.4 Å². The van der Waals surface area contributed by atoms with Crippen molar-refractivity contribution in [3.8, 4) is 11.5 Å². The van der Waals surface area contributed by atoms with E-state index in [9.17, 15) is 9.59 Å². The molecule has 7 heteroatoms. The molecule has 5 rings (SSSR count). The summed E-state index contributed by atoms with van der Waals surface area (Å²) in [4.78, 5) is 33.2. The summed E-state index contributed by atoms with van der Waals surface area (Å²) in [5.41, 5.74) is 3.61. The minimum absolute atomic E-state index is 0.115. The number of hydrogen-bond donors (Lipinski definition) is 1. The van der Waals surface area contributed by atoms with Gasteiger partial charge in [0.15, 0.2) is 0 Å². The maximum Gasteiger partial charge on any atom is 0.337 e. The molecule has 1 atom stereocenters. The van der Waals surface area contributed by atoms with Gasteiger partial charge in [-0.2, -0.15) is 0 Å². The van der Waals surface area contributed by atoms with Crippen LogP contribution >= 0.6 is 0 Å². The molecule has 1 unspecified atom stereocenters. The van der Waals surface area contributed by atoms with Crippen molar-refractivity contribution in [1.82, 2.24) is 4.98 Å². The van der Waals surface area contributed by atoms with E-state index >= 15 is 0 Å². The molecule has 3 aromatic carbocycles. The molecule has 1 aliphatic rings. The van der Waals surface area contributed by atoms with Crippen LogP contribution in [-0.2, 0) is 9.53 Å². The number of benzene rings is 3. The monoisotopic (exact) mass is 437 g/mol. The Kier molecular flexibility index (Phi) is 5.28. The third kappa shape index (κ3) is 4.04. The van der Waals surface area contributed by atoms with Crippen LogP contribution in [0, 0.1) is 0 Å². The molecule has 0 aliphatic carbocycles. The Hall–Kier alpha value is -4.52. The third-order valence-electron chi connectivity index (χ3n) is 5.38. The Labute approximate surface area is 189 Å². The van der Waals surface area contributed by atoms with Gasteiger partial charge in [-0.15, -0.1) is 0 Å². The predicted molar refractivity (Wildman–Crippen MR) is 126 cm³/mol. The zero-order valence-corrected chi connectivity index (χ0v) is 17.7. The second-order valence-corrected chi connectivity index (χ2v) is 7.46. The van der Waals surface area contributed by atoms with E-state index in [1.54, 1.807) is 60.9 Å². The minimum Gasteiger partial charge on any atom is -0.465 e. The summed E-state index contributed by atoms with van der Waals surface area (Å²) >= 11 is 0. The zero-order chi connectivity index (χ0) is 22.8. The van der Waals surface area contributed by atoms with Crippen LogP contribution in [0.2, 0.25) is 0 Å². The van der Waals surface area contributed by atoms with Crippen LogP contribution in [-0.4, -0.2) is 30.2 Å². The first-order valence-corrected chi connectivity index (χ1v) is 10.3. The van der Waals surface area contributed by atoms with Crippen LogP contribution in [0.4, 0.5) is 11.4 Å². The number of pyridine rings is 1. The van der Waals surface area contributed by atoms with Crippen molar-refractivity contribution in [2.24, 2.45) is 4.99 Å². The summed E-state index contributed by atoms with van der Waals surface area (Å²) in [7, 11) is 1.34. The molecule has 1 amide bonds. The lowest BCUT2D eigenvalue weighted by Gasteiger charge is -2.08. The Bertz CT molecular complexity index is 1400. The van der Waals surface area contributed by atoms with Crippen molar-refractivity contribution in [1.29, 1.82) is 0 Å². The van der Waals surface area contributed by atoms with Crippen LogP contribution in [0.15, 0.2) is 84.0 Å². The van der Waals surface area contributed by atoms with Crippen LogP contribution in [0.5, 0.6) is 11.5 Å². The molecule has 2 heterocycles. The highest BCUT2D eigenvalue weighted by Gasteiger charge is 2.31. The molecule has 0 saturated heterocycles. The third-order valence-corrected chi connectivity index (χ3v) is 5.38. The number of nitrogens with zero attached hydrogens (tertiary/aromatic N) is 2. The number of rotatable bonds is 5. The molecule has 1 aliphatic heterocycles. The van der Waals surface area contributed by atoms with Crippen LogP contribution in [0.1, 0.15) is 21.8 Å².